The Morgan fingerprint density at radius 1 is 1.20 bits per heavy atom. The number of aliphatic carboxylic acids is 1. The van der Waals surface area contributed by atoms with Gasteiger partial charge < -0.3 is 9.94 Å². The molecule has 1 fully saturated rings. The number of rotatable bonds is 3. The second kappa shape index (κ2) is 4.36. The van der Waals surface area contributed by atoms with Crippen molar-refractivity contribution in [2.75, 3.05) is 0 Å². The normalized spacial score (nSPS) is 16.1. The van der Waals surface area contributed by atoms with Gasteiger partial charge in [0, 0.05) is 25.0 Å². The minimum atomic E-state index is -1.33. The van der Waals surface area contributed by atoms with Crippen LogP contribution in [0.4, 0.5) is 0 Å². The number of hydroxylamine groups is 2. The van der Waals surface area contributed by atoms with Crippen LogP contribution in [-0.2, 0) is 24.0 Å². The SMILES string of the molecule is O=C(O)/C=C\C(=O)ON1C(=O)CCC1=O. The van der Waals surface area contributed by atoms with Gasteiger partial charge in [0.2, 0.25) is 0 Å². The molecule has 0 saturated carbocycles. The van der Waals surface area contributed by atoms with Crippen molar-refractivity contribution >= 4 is 23.8 Å². The van der Waals surface area contributed by atoms with E-state index in [9.17, 15) is 19.2 Å². The Kier molecular flexibility index (Phi) is 3.17. The first-order valence-corrected chi connectivity index (χ1v) is 3.99. The van der Waals surface area contributed by atoms with Crippen molar-refractivity contribution in [3.05, 3.63) is 12.2 Å². The molecular formula is C8H7NO6. The van der Waals surface area contributed by atoms with Gasteiger partial charge in [-0.15, -0.1) is 5.06 Å². The van der Waals surface area contributed by atoms with Crippen molar-refractivity contribution in [2.45, 2.75) is 12.8 Å². The first-order chi connectivity index (χ1) is 7.00. The van der Waals surface area contributed by atoms with Gasteiger partial charge in [0.15, 0.2) is 0 Å². The third-order valence-electron chi connectivity index (χ3n) is 1.55. The average Bonchev–Trinajstić information content (AvgIpc) is 2.46. The lowest BCUT2D eigenvalue weighted by atomic mass is 10.4. The lowest BCUT2D eigenvalue weighted by molar-refractivity contribution is -0.193. The number of nitrogens with zero attached hydrogens (tertiary/aromatic N) is 1. The highest BCUT2D eigenvalue weighted by Gasteiger charge is 2.32. The van der Waals surface area contributed by atoms with E-state index in [1.54, 1.807) is 0 Å². The maximum Gasteiger partial charge on any atom is 0.357 e. The Morgan fingerprint density at radius 2 is 1.73 bits per heavy atom. The first-order valence-electron chi connectivity index (χ1n) is 3.99. The fourth-order valence-corrected chi connectivity index (χ4v) is 0.918. The minimum absolute atomic E-state index is 0.00520. The molecule has 0 radical (unpaired) electrons. The number of imide groups is 1. The molecule has 0 aromatic heterocycles. The predicted octanol–water partition coefficient (Wildman–Crippen LogP) is -0.766. The van der Waals surface area contributed by atoms with Crippen LogP contribution >= 0.6 is 0 Å². The molecule has 0 spiro atoms. The summed E-state index contributed by atoms with van der Waals surface area (Å²) in [5.41, 5.74) is 0. The van der Waals surface area contributed by atoms with E-state index in [1.807, 2.05) is 0 Å². The molecule has 0 atom stereocenters. The van der Waals surface area contributed by atoms with Crippen molar-refractivity contribution in [1.29, 1.82) is 0 Å². The standard InChI is InChI=1S/C8H7NO6/c10-5-1-2-6(11)9(5)15-8(14)4-3-7(12)13/h3-4H,1-2H2,(H,12,13)/b4-3-. The van der Waals surface area contributed by atoms with Gasteiger partial charge in [-0.05, 0) is 0 Å². The molecular weight excluding hydrogens is 206 g/mol. The summed E-state index contributed by atoms with van der Waals surface area (Å²) in [7, 11) is 0. The van der Waals surface area contributed by atoms with Crippen molar-refractivity contribution in [3.63, 3.8) is 0 Å². The number of carbonyl (C=O) groups excluding carboxylic acids is 3. The monoisotopic (exact) mass is 213 g/mol. The molecule has 1 saturated heterocycles. The highest BCUT2D eigenvalue weighted by atomic mass is 16.7. The van der Waals surface area contributed by atoms with E-state index in [2.05, 4.69) is 4.84 Å². The van der Waals surface area contributed by atoms with Gasteiger partial charge in [-0.1, -0.05) is 0 Å². The van der Waals surface area contributed by atoms with E-state index in [4.69, 9.17) is 5.11 Å². The Labute approximate surface area is 83.9 Å². The minimum Gasteiger partial charge on any atom is -0.478 e. The molecule has 1 N–H and O–H groups in total. The van der Waals surface area contributed by atoms with Crippen molar-refractivity contribution in [2.24, 2.45) is 0 Å². The lowest BCUT2D eigenvalue weighted by Crippen LogP contribution is -2.31. The summed E-state index contributed by atoms with van der Waals surface area (Å²) in [6.07, 6.45) is 1.15. The fraction of sp³-hybridized carbons (Fsp3) is 0.250. The number of carbonyl (C=O) groups is 4. The largest absolute Gasteiger partial charge is 0.478 e. The van der Waals surface area contributed by atoms with Crippen LogP contribution in [0, 0.1) is 0 Å². The highest BCUT2D eigenvalue weighted by Crippen LogP contribution is 2.11. The zero-order chi connectivity index (χ0) is 11.4. The summed E-state index contributed by atoms with van der Waals surface area (Å²) < 4.78 is 0. The molecule has 1 rings (SSSR count). The van der Waals surface area contributed by atoms with Crippen LogP contribution in [0.3, 0.4) is 0 Å². The van der Waals surface area contributed by atoms with E-state index >= 15 is 0 Å². The molecule has 0 aliphatic carbocycles. The van der Waals surface area contributed by atoms with Crippen LogP contribution in [0.15, 0.2) is 12.2 Å². The zero-order valence-electron chi connectivity index (χ0n) is 7.50. The maximum atomic E-state index is 10.9. The van der Waals surface area contributed by atoms with Crippen molar-refractivity contribution in [1.82, 2.24) is 5.06 Å². The third-order valence-corrected chi connectivity index (χ3v) is 1.55. The molecule has 0 aromatic carbocycles. The average molecular weight is 213 g/mol. The fourth-order valence-electron chi connectivity index (χ4n) is 0.918. The van der Waals surface area contributed by atoms with E-state index in [1.165, 1.54) is 0 Å². The molecule has 0 aromatic rings. The molecule has 1 aliphatic heterocycles. The van der Waals surface area contributed by atoms with Crippen LogP contribution in [0.25, 0.3) is 0 Å². The number of hydrogen-bond donors (Lipinski definition) is 1. The third kappa shape index (κ3) is 2.90. The van der Waals surface area contributed by atoms with Gasteiger partial charge in [0.25, 0.3) is 11.8 Å². The van der Waals surface area contributed by atoms with Gasteiger partial charge >= 0.3 is 11.9 Å². The topological polar surface area (TPSA) is 101 Å². The van der Waals surface area contributed by atoms with Gasteiger partial charge in [-0.25, -0.2) is 9.59 Å². The number of carboxylic acids is 1. The molecule has 7 heteroatoms. The van der Waals surface area contributed by atoms with E-state index in [-0.39, 0.29) is 12.8 Å². The van der Waals surface area contributed by atoms with Crippen LogP contribution in [0.2, 0.25) is 0 Å². The Balaban J connectivity index is 2.54. The molecule has 15 heavy (non-hydrogen) atoms. The summed E-state index contributed by atoms with van der Waals surface area (Å²) in [5, 5.41) is 8.53. The second-order valence-electron chi connectivity index (χ2n) is 2.66. The highest BCUT2D eigenvalue weighted by molar-refractivity contribution is 6.02. The summed E-state index contributed by atoms with van der Waals surface area (Å²) in [6.45, 7) is 0. The molecule has 2 amide bonds. The van der Waals surface area contributed by atoms with Crippen LogP contribution in [0.5, 0.6) is 0 Å². The smallest absolute Gasteiger partial charge is 0.357 e. The van der Waals surface area contributed by atoms with Crippen molar-refractivity contribution in [3.8, 4) is 0 Å². The van der Waals surface area contributed by atoms with Crippen LogP contribution in [0.1, 0.15) is 12.8 Å². The van der Waals surface area contributed by atoms with Gasteiger partial charge in [0.1, 0.15) is 0 Å². The van der Waals surface area contributed by atoms with Crippen LogP contribution in [-0.4, -0.2) is 33.9 Å². The van der Waals surface area contributed by atoms with E-state index in [0.717, 1.165) is 0 Å². The molecule has 1 heterocycles. The maximum absolute atomic E-state index is 10.9. The van der Waals surface area contributed by atoms with Gasteiger partial charge in [-0.3, -0.25) is 9.59 Å². The molecule has 80 valence electrons. The molecule has 0 bridgehead atoms. The van der Waals surface area contributed by atoms with E-state index in [0.29, 0.717) is 17.2 Å². The Hall–Kier alpha value is -2.18. The number of hydrogen-bond acceptors (Lipinski definition) is 5. The van der Waals surface area contributed by atoms with Crippen LogP contribution < -0.4 is 0 Å². The second-order valence-corrected chi connectivity index (χ2v) is 2.66. The Bertz CT molecular complexity index is 342. The molecule has 7 nitrogen and oxygen atoms in total. The Morgan fingerprint density at radius 3 is 2.20 bits per heavy atom. The zero-order valence-corrected chi connectivity index (χ0v) is 7.50. The molecule has 0 unspecified atom stereocenters. The molecule has 1 aliphatic rings. The first kappa shape index (κ1) is 10.9. The van der Waals surface area contributed by atoms with Gasteiger partial charge in [-0.2, -0.15) is 0 Å². The summed E-state index contributed by atoms with van der Waals surface area (Å²) in [4.78, 5) is 47.1. The number of amides is 2. The summed E-state index contributed by atoms with van der Waals surface area (Å²) >= 11 is 0. The lowest BCUT2D eigenvalue weighted by Gasteiger charge is -2.10. The predicted molar refractivity (Wildman–Crippen MR) is 44.0 cm³/mol. The quantitative estimate of drug-likeness (QED) is 0.488. The summed E-state index contributed by atoms with van der Waals surface area (Å²) in [5.74, 6) is -3.64. The van der Waals surface area contributed by atoms with Gasteiger partial charge in [0.05, 0.1) is 0 Å². The van der Waals surface area contributed by atoms with Crippen molar-refractivity contribution < 1.29 is 29.1 Å². The number of carboxylic acid groups (broad SMARTS) is 1. The summed E-state index contributed by atoms with van der Waals surface area (Å²) in [6, 6.07) is 0. The van der Waals surface area contributed by atoms with E-state index < -0.39 is 23.8 Å².